The average molecular weight is 292 g/mol. The van der Waals surface area contributed by atoms with Crippen LogP contribution in [0.3, 0.4) is 0 Å². The second-order valence-electron chi connectivity index (χ2n) is 4.17. The number of carbonyl (C=O) groups is 1. The van der Waals surface area contributed by atoms with Crippen LogP contribution in [0.25, 0.3) is 0 Å². The smallest absolute Gasteiger partial charge is 0.358 e. The molecule has 9 nitrogen and oxygen atoms in total. The largest absolute Gasteiger partial charge is 0.478 e. The molecule has 9 heteroatoms. The van der Waals surface area contributed by atoms with Gasteiger partial charge in [0.2, 0.25) is 5.88 Å². The molecular formula is C12H16N6O3. The maximum Gasteiger partial charge on any atom is 0.358 e. The molecule has 0 amide bonds. The highest BCUT2D eigenvalue weighted by Gasteiger charge is 2.08. The summed E-state index contributed by atoms with van der Waals surface area (Å²) in [6, 6.07) is 1.71. The van der Waals surface area contributed by atoms with Crippen LogP contribution in [0.4, 0.5) is 5.82 Å². The van der Waals surface area contributed by atoms with Gasteiger partial charge in [0, 0.05) is 12.6 Å². The number of carboxylic acid groups (broad SMARTS) is 1. The molecule has 2 aromatic rings. The first-order chi connectivity index (χ1) is 10.1. The number of rotatable bonds is 7. The third kappa shape index (κ3) is 4.13. The highest BCUT2D eigenvalue weighted by atomic mass is 16.5. The molecule has 0 saturated heterocycles. The van der Waals surface area contributed by atoms with Crippen molar-refractivity contribution in [3.63, 3.8) is 0 Å². The highest BCUT2D eigenvalue weighted by Crippen LogP contribution is 2.12. The van der Waals surface area contributed by atoms with Crippen LogP contribution in [-0.4, -0.2) is 49.2 Å². The van der Waals surface area contributed by atoms with E-state index < -0.39 is 5.97 Å². The molecule has 0 atom stereocenters. The Morgan fingerprint density at radius 2 is 2.29 bits per heavy atom. The SMILES string of the molecule is CCOc1cc(NCCn2cc(C(=O)O)nn2)nc(C)n1. The van der Waals surface area contributed by atoms with Gasteiger partial charge < -0.3 is 15.2 Å². The average Bonchev–Trinajstić information content (AvgIpc) is 2.87. The number of hydrogen-bond donors (Lipinski definition) is 2. The molecule has 0 aliphatic rings. The molecule has 0 unspecified atom stereocenters. The molecule has 112 valence electrons. The van der Waals surface area contributed by atoms with Crippen molar-refractivity contribution >= 4 is 11.8 Å². The third-order valence-corrected chi connectivity index (χ3v) is 2.51. The predicted molar refractivity (Wildman–Crippen MR) is 73.4 cm³/mol. The van der Waals surface area contributed by atoms with Gasteiger partial charge in [-0.25, -0.2) is 14.5 Å². The lowest BCUT2D eigenvalue weighted by atomic mass is 10.5. The van der Waals surface area contributed by atoms with Gasteiger partial charge in [-0.15, -0.1) is 5.10 Å². The van der Waals surface area contributed by atoms with Gasteiger partial charge in [-0.05, 0) is 13.8 Å². The van der Waals surface area contributed by atoms with Crippen LogP contribution in [0, 0.1) is 6.92 Å². The molecule has 0 aliphatic carbocycles. The predicted octanol–water partition coefficient (Wildman–Crippen LogP) is 0.586. The maximum atomic E-state index is 10.7. The Morgan fingerprint density at radius 3 is 2.95 bits per heavy atom. The maximum absolute atomic E-state index is 10.7. The Hall–Kier alpha value is -2.71. The molecule has 0 spiro atoms. The molecule has 0 aromatic carbocycles. The minimum absolute atomic E-state index is 0.0773. The van der Waals surface area contributed by atoms with E-state index in [1.54, 1.807) is 13.0 Å². The summed E-state index contributed by atoms with van der Waals surface area (Å²) in [6.45, 7) is 5.18. The van der Waals surface area contributed by atoms with Crippen LogP contribution >= 0.6 is 0 Å². The van der Waals surface area contributed by atoms with E-state index in [9.17, 15) is 4.79 Å². The van der Waals surface area contributed by atoms with Gasteiger partial charge in [-0.1, -0.05) is 5.21 Å². The molecule has 21 heavy (non-hydrogen) atoms. The summed E-state index contributed by atoms with van der Waals surface area (Å²) < 4.78 is 6.79. The van der Waals surface area contributed by atoms with Crippen LogP contribution < -0.4 is 10.1 Å². The van der Waals surface area contributed by atoms with Crippen LogP contribution in [0.1, 0.15) is 23.2 Å². The first kappa shape index (κ1) is 14.7. The highest BCUT2D eigenvalue weighted by molar-refractivity contribution is 5.84. The molecular weight excluding hydrogens is 276 g/mol. The quantitative estimate of drug-likeness (QED) is 0.761. The van der Waals surface area contributed by atoms with Crippen LogP contribution in [0.2, 0.25) is 0 Å². The standard InChI is InChI=1S/C12H16N6O3/c1-3-21-11-6-10(14-8(2)15-11)13-4-5-18-7-9(12(19)20)16-17-18/h6-7H,3-5H2,1-2H3,(H,19,20)(H,13,14,15). The van der Waals surface area contributed by atoms with Gasteiger partial charge in [-0.3, -0.25) is 0 Å². The minimum Gasteiger partial charge on any atom is -0.478 e. The third-order valence-electron chi connectivity index (χ3n) is 2.51. The summed E-state index contributed by atoms with van der Waals surface area (Å²) in [5.41, 5.74) is -0.0773. The number of hydrogen-bond acceptors (Lipinski definition) is 7. The lowest BCUT2D eigenvalue weighted by Gasteiger charge is -2.08. The Morgan fingerprint density at radius 1 is 1.48 bits per heavy atom. The summed E-state index contributed by atoms with van der Waals surface area (Å²) in [4.78, 5) is 19.1. The van der Waals surface area contributed by atoms with Gasteiger partial charge in [0.25, 0.3) is 0 Å². The number of aryl methyl sites for hydroxylation is 1. The number of aromatic nitrogens is 5. The second-order valence-corrected chi connectivity index (χ2v) is 4.17. The van der Waals surface area contributed by atoms with Crippen molar-refractivity contribution in [2.24, 2.45) is 0 Å². The zero-order valence-corrected chi connectivity index (χ0v) is 11.8. The molecule has 0 fully saturated rings. The summed E-state index contributed by atoms with van der Waals surface area (Å²) in [7, 11) is 0. The van der Waals surface area contributed by atoms with Gasteiger partial charge in [0.15, 0.2) is 5.69 Å². The van der Waals surface area contributed by atoms with E-state index in [0.717, 1.165) is 0 Å². The van der Waals surface area contributed by atoms with Gasteiger partial charge in [-0.2, -0.15) is 4.98 Å². The first-order valence-corrected chi connectivity index (χ1v) is 6.44. The van der Waals surface area contributed by atoms with Crippen molar-refractivity contribution in [2.45, 2.75) is 20.4 Å². The van der Waals surface area contributed by atoms with Crippen LogP contribution in [0.5, 0.6) is 5.88 Å². The monoisotopic (exact) mass is 292 g/mol. The van der Waals surface area contributed by atoms with Crippen molar-refractivity contribution < 1.29 is 14.6 Å². The Labute approximate surface area is 121 Å². The molecule has 2 heterocycles. The lowest BCUT2D eigenvalue weighted by Crippen LogP contribution is -2.12. The fraction of sp³-hybridized carbons (Fsp3) is 0.417. The molecule has 2 rings (SSSR count). The topological polar surface area (TPSA) is 115 Å². The number of ether oxygens (including phenoxy) is 1. The number of carboxylic acids is 1. The fourth-order valence-corrected chi connectivity index (χ4v) is 1.66. The van der Waals surface area contributed by atoms with E-state index in [1.165, 1.54) is 10.9 Å². The fourth-order valence-electron chi connectivity index (χ4n) is 1.66. The van der Waals surface area contributed by atoms with Crippen LogP contribution in [-0.2, 0) is 6.54 Å². The van der Waals surface area contributed by atoms with Crippen molar-refractivity contribution in [1.29, 1.82) is 0 Å². The normalized spacial score (nSPS) is 10.4. The number of nitrogens with zero attached hydrogens (tertiary/aromatic N) is 5. The van der Waals surface area contributed by atoms with Gasteiger partial charge in [0.1, 0.15) is 11.6 Å². The molecule has 0 aliphatic heterocycles. The summed E-state index contributed by atoms with van der Waals surface area (Å²) in [6.07, 6.45) is 1.38. The number of anilines is 1. The van der Waals surface area contributed by atoms with Crippen molar-refractivity contribution in [2.75, 3.05) is 18.5 Å². The van der Waals surface area contributed by atoms with E-state index in [4.69, 9.17) is 9.84 Å². The van der Waals surface area contributed by atoms with Crippen molar-refractivity contribution in [3.05, 3.63) is 23.8 Å². The van der Waals surface area contributed by atoms with Gasteiger partial charge >= 0.3 is 5.97 Å². The van der Waals surface area contributed by atoms with E-state index in [-0.39, 0.29) is 5.69 Å². The Balaban J connectivity index is 1.91. The second kappa shape index (κ2) is 6.64. The number of nitrogens with one attached hydrogen (secondary N) is 1. The minimum atomic E-state index is -1.10. The lowest BCUT2D eigenvalue weighted by molar-refractivity contribution is 0.0690. The summed E-state index contributed by atoms with van der Waals surface area (Å²) in [5.74, 6) is 0.672. The van der Waals surface area contributed by atoms with Crippen LogP contribution in [0.15, 0.2) is 12.3 Å². The van der Waals surface area contributed by atoms with E-state index >= 15 is 0 Å². The number of aromatic carboxylic acids is 1. The van der Waals surface area contributed by atoms with Crippen molar-refractivity contribution in [3.8, 4) is 5.88 Å². The molecule has 0 saturated carbocycles. The van der Waals surface area contributed by atoms with Gasteiger partial charge in [0.05, 0.1) is 19.3 Å². The molecule has 0 bridgehead atoms. The summed E-state index contributed by atoms with van der Waals surface area (Å²) >= 11 is 0. The van der Waals surface area contributed by atoms with E-state index in [0.29, 0.717) is 37.2 Å². The molecule has 2 aromatic heterocycles. The molecule has 2 N–H and O–H groups in total. The zero-order chi connectivity index (χ0) is 15.2. The Kier molecular flexibility index (Phi) is 4.64. The zero-order valence-electron chi connectivity index (χ0n) is 11.8. The first-order valence-electron chi connectivity index (χ1n) is 6.44. The summed E-state index contributed by atoms with van der Waals surface area (Å²) in [5, 5.41) is 19.1. The van der Waals surface area contributed by atoms with Crippen molar-refractivity contribution in [1.82, 2.24) is 25.0 Å². The molecule has 0 radical (unpaired) electrons. The van der Waals surface area contributed by atoms with E-state index in [1.807, 2.05) is 6.92 Å². The van der Waals surface area contributed by atoms with E-state index in [2.05, 4.69) is 25.6 Å². The Bertz CT molecular complexity index is 627.